The van der Waals surface area contributed by atoms with Gasteiger partial charge in [-0.25, -0.2) is 5.84 Å². The van der Waals surface area contributed by atoms with E-state index in [9.17, 15) is 4.79 Å². The molecule has 0 aliphatic heterocycles. The summed E-state index contributed by atoms with van der Waals surface area (Å²) in [6.07, 6.45) is 0. The number of hydrazine groups is 1. The van der Waals surface area contributed by atoms with E-state index in [1.165, 1.54) is 0 Å². The second-order valence-electron chi connectivity index (χ2n) is 3.56. The zero-order chi connectivity index (χ0) is 11.4. The van der Waals surface area contributed by atoms with Crippen LogP contribution in [0.15, 0.2) is 12.1 Å². The van der Waals surface area contributed by atoms with Crippen LogP contribution in [-0.2, 0) is 4.79 Å². The average Bonchev–Trinajstić information content (AvgIpc) is 2.20. The van der Waals surface area contributed by atoms with Gasteiger partial charge in [-0.05, 0) is 43.5 Å². The summed E-state index contributed by atoms with van der Waals surface area (Å²) in [4.78, 5) is 10.9. The van der Waals surface area contributed by atoms with Crippen LogP contribution in [0.1, 0.15) is 16.7 Å². The number of aryl methyl sites for hydroxylation is 2. The van der Waals surface area contributed by atoms with Crippen molar-refractivity contribution in [1.29, 1.82) is 0 Å². The Morgan fingerprint density at radius 3 is 2.67 bits per heavy atom. The minimum Gasteiger partial charge on any atom is -0.483 e. The molecule has 0 aromatic heterocycles. The lowest BCUT2D eigenvalue weighted by Crippen LogP contribution is -2.34. The first-order valence-corrected chi connectivity index (χ1v) is 4.74. The predicted octanol–water partition coefficient (Wildman–Crippen LogP) is 0.981. The van der Waals surface area contributed by atoms with Gasteiger partial charge in [0.05, 0.1) is 0 Å². The summed E-state index contributed by atoms with van der Waals surface area (Å²) in [5.41, 5.74) is 5.33. The first-order chi connectivity index (χ1) is 7.04. The van der Waals surface area contributed by atoms with E-state index in [4.69, 9.17) is 10.6 Å². The van der Waals surface area contributed by atoms with Crippen molar-refractivity contribution in [1.82, 2.24) is 5.43 Å². The van der Waals surface area contributed by atoms with Gasteiger partial charge in [0, 0.05) is 0 Å². The third-order valence-electron chi connectivity index (χ3n) is 2.28. The van der Waals surface area contributed by atoms with Gasteiger partial charge in [-0.1, -0.05) is 6.07 Å². The Hall–Kier alpha value is -1.55. The van der Waals surface area contributed by atoms with E-state index < -0.39 is 0 Å². The lowest BCUT2D eigenvalue weighted by molar-refractivity contribution is -0.123. The van der Waals surface area contributed by atoms with E-state index in [-0.39, 0.29) is 12.5 Å². The molecule has 82 valence electrons. The maximum Gasteiger partial charge on any atom is 0.271 e. The van der Waals surface area contributed by atoms with Crippen LogP contribution in [0.25, 0.3) is 0 Å². The van der Waals surface area contributed by atoms with Crippen LogP contribution in [0, 0.1) is 20.8 Å². The fourth-order valence-corrected chi connectivity index (χ4v) is 1.34. The van der Waals surface area contributed by atoms with E-state index in [1.54, 1.807) is 0 Å². The molecule has 0 spiro atoms. The van der Waals surface area contributed by atoms with E-state index in [0.717, 1.165) is 22.4 Å². The number of nitrogens with one attached hydrogen (secondary N) is 1. The lowest BCUT2D eigenvalue weighted by atomic mass is 10.1. The van der Waals surface area contributed by atoms with Gasteiger partial charge >= 0.3 is 0 Å². The molecule has 0 radical (unpaired) electrons. The number of rotatable bonds is 3. The quantitative estimate of drug-likeness (QED) is 0.442. The first kappa shape index (κ1) is 11.5. The molecule has 0 aliphatic carbocycles. The van der Waals surface area contributed by atoms with Gasteiger partial charge in [0.1, 0.15) is 5.75 Å². The van der Waals surface area contributed by atoms with Crippen LogP contribution in [0.5, 0.6) is 5.75 Å². The van der Waals surface area contributed by atoms with Crippen molar-refractivity contribution in [2.45, 2.75) is 20.8 Å². The number of hydrogen-bond donors (Lipinski definition) is 2. The molecular formula is C11H16N2O2. The van der Waals surface area contributed by atoms with E-state index >= 15 is 0 Å². The van der Waals surface area contributed by atoms with Gasteiger partial charge in [-0.2, -0.15) is 0 Å². The molecule has 0 aliphatic rings. The number of hydrogen-bond acceptors (Lipinski definition) is 3. The molecule has 0 atom stereocenters. The molecule has 0 fully saturated rings. The number of ether oxygens (including phenoxy) is 1. The summed E-state index contributed by atoms with van der Waals surface area (Å²) in [5, 5.41) is 0. The maximum atomic E-state index is 10.9. The molecule has 1 amide bonds. The fraction of sp³-hybridized carbons (Fsp3) is 0.364. The zero-order valence-corrected chi connectivity index (χ0v) is 9.26. The largest absolute Gasteiger partial charge is 0.483 e. The van der Waals surface area contributed by atoms with Gasteiger partial charge in [0.15, 0.2) is 6.61 Å². The van der Waals surface area contributed by atoms with Gasteiger partial charge in [0.2, 0.25) is 0 Å². The van der Waals surface area contributed by atoms with E-state index in [2.05, 4.69) is 6.07 Å². The molecular weight excluding hydrogens is 192 g/mol. The van der Waals surface area contributed by atoms with Crippen molar-refractivity contribution >= 4 is 5.91 Å². The summed E-state index contributed by atoms with van der Waals surface area (Å²) in [6, 6.07) is 3.98. The second kappa shape index (κ2) is 4.79. The molecule has 4 nitrogen and oxygen atoms in total. The Morgan fingerprint density at radius 1 is 1.40 bits per heavy atom. The zero-order valence-electron chi connectivity index (χ0n) is 9.26. The van der Waals surface area contributed by atoms with Crippen LogP contribution in [0.4, 0.5) is 0 Å². The topological polar surface area (TPSA) is 64.3 Å². The highest BCUT2D eigenvalue weighted by atomic mass is 16.5. The Balaban J connectivity index is 2.81. The smallest absolute Gasteiger partial charge is 0.271 e. The number of nitrogens with two attached hydrogens (primary N) is 1. The second-order valence-corrected chi connectivity index (χ2v) is 3.56. The lowest BCUT2D eigenvalue weighted by Gasteiger charge is -2.11. The van der Waals surface area contributed by atoms with Crippen LogP contribution in [0.2, 0.25) is 0 Å². The van der Waals surface area contributed by atoms with Crippen molar-refractivity contribution in [2.24, 2.45) is 5.84 Å². The molecule has 0 saturated carbocycles. The minimum absolute atomic E-state index is 0.0553. The van der Waals surface area contributed by atoms with Crippen molar-refractivity contribution in [3.8, 4) is 5.75 Å². The summed E-state index contributed by atoms with van der Waals surface area (Å²) < 4.78 is 5.36. The van der Waals surface area contributed by atoms with Crippen molar-refractivity contribution in [2.75, 3.05) is 6.61 Å². The van der Waals surface area contributed by atoms with Gasteiger partial charge in [0.25, 0.3) is 5.91 Å². The van der Waals surface area contributed by atoms with Crippen molar-refractivity contribution in [3.63, 3.8) is 0 Å². The molecule has 15 heavy (non-hydrogen) atoms. The van der Waals surface area contributed by atoms with E-state index in [1.807, 2.05) is 32.3 Å². The molecule has 0 heterocycles. The summed E-state index contributed by atoms with van der Waals surface area (Å²) in [7, 11) is 0. The minimum atomic E-state index is -0.339. The molecule has 1 rings (SSSR count). The van der Waals surface area contributed by atoms with Crippen LogP contribution in [0.3, 0.4) is 0 Å². The summed E-state index contributed by atoms with van der Waals surface area (Å²) >= 11 is 0. The van der Waals surface area contributed by atoms with E-state index in [0.29, 0.717) is 0 Å². The molecule has 0 bridgehead atoms. The highest BCUT2D eigenvalue weighted by molar-refractivity contribution is 5.76. The Labute approximate surface area is 89.4 Å². The standard InChI is InChI=1S/C11H16N2O2/c1-7-4-8(2)9(3)10(5-7)15-6-11(14)13-12/h4-5H,6,12H2,1-3H3,(H,13,14). The Kier molecular flexibility index (Phi) is 3.68. The monoisotopic (exact) mass is 208 g/mol. The third kappa shape index (κ3) is 2.95. The predicted molar refractivity (Wildman–Crippen MR) is 58.5 cm³/mol. The number of benzene rings is 1. The Bertz CT molecular complexity index is 375. The molecule has 0 saturated heterocycles. The maximum absolute atomic E-state index is 10.9. The van der Waals surface area contributed by atoms with Crippen molar-refractivity contribution < 1.29 is 9.53 Å². The highest BCUT2D eigenvalue weighted by Crippen LogP contribution is 2.22. The molecule has 1 aromatic rings. The fourth-order valence-electron chi connectivity index (χ4n) is 1.34. The average molecular weight is 208 g/mol. The number of carbonyl (C=O) groups is 1. The van der Waals surface area contributed by atoms with Crippen molar-refractivity contribution in [3.05, 3.63) is 28.8 Å². The van der Waals surface area contributed by atoms with Crippen LogP contribution in [-0.4, -0.2) is 12.5 Å². The van der Waals surface area contributed by atoms with Crippen LogP contribution < -0.4 is 16.0 Å². The molecule has 0 unspecified atom stereocenters. The molecule has 3 N–H and O–H groups in total. The van der Waals surface area contributed by atoms with Crippen LogP contribution >= 0.6 is 0 Å². The van der Waals surface area contributed by atoms with Gasteiger partial charge in [-0.3, -0.25) is 10.2 Å². The third-order valence-corrected chi connectivity index (χ3v) is 2.28. The SMILES string of the molecule is Cc1cc(C)c(C)c(OCC(=O)NN)c1. The van der Waals surface area contributed by atoms with Gasteiger partial charge in [-0.15, -0.1) is 0 Å². The summed E-state index contributed by atoms with van der Waals surface area (Å²) in [6.45, 7) is 5.91. The number of carbonyl (C=O) groups excluding carboxylic acids is 1. The normalized spacial score (nSPS) is 9.87. The molecule has 4 heteroatoms. The first-order valence-electron chi connectivity index (χ1n) is 4.74. The van der Waals surface area contributed by atoms with Gasteiger partial charge < -0.3 is 4.74 Å². The highest BCUT2D eigenvalue weighted by Gasteiger charge is 2.05. The number of amides is 1. The molecule has 1 aromatic carbocycles. The Morgan fingerprint density at radius 2 is 2.07 bits per heavy atom. The summed E-state index contributed by atoms with van der Waals surface area (Å²) in [5.74, 6) is 5.35.